The number of aromatic nitrogens is 3. The van der Waals surface area contributed by atoms with Gasteiger partial charge in [0.05, 0.1) is 30.8 Å². The van der Waals surface area contributed by atoms with Crippen molar-refractivity contribution in [2.24, 2.45) is 14.1 Å². The molecule has 23 heavy (non-hydrogen) atoms. The van der Waals surface area contributed by atoms with Gasteiger partial charge in [-0.1, -0.05) is 0 Å². The van der Waals surface area contributed by atoms with Crippen LogP contribution in [0.5, 0.6) is 11.5 Å². The zero-order valence-electron chi connectivity index (χ0n) is 13.4. The Kier molecular flexibility index (Phi) is 3.48. The van der Waals surface area contributed by atoms with Crippen LogP contribution in [0.15, 0.2) is 40.2 Å². The maximum absolute atomic E-state index is 12.3. The highest BCUT2D eigenvalue weighted by Gasteiger charge is 2.14. The third kappa shape index (κ3) is 2.21. The molecule has 2 heterocycles. The smallest absolute Gasteiger partial charge is 0.330 e. The van der Waals surface area contributed by atoms with E-state index in [2.05, 4.69) is 0 Å². The number of methoxy groups -OCH3 is 2. The summed E-state index contributed by atoms with van der Waals surface area (Å²) >= 11 is 0. The zero-order chi connectivity index (χ0) is 16.7. The first-order valence-corrected chi connectivity index (χ1v) is 6.98. The van der Waals surface area contributed by atoms with Crippen molar-refractivity contribution < 1.29 is 9.47 Å². The minimum atomic E-state index is -0.359. The molecular weight excluding hydrogens is 298 g/mol. The Bertz CT molecular complexity index is 1010. The third-order valence-corrected chi connectivity index (χ3v) is 3.94. The summed E-state index contributed by atoms with van der Waals surface area (Å²) in [7, 11) is 6.25. The lowest BCUT2D eigenvalue weighted by Crippen LogP contribution is -2.36. The van der Waals surface area contributed by atoms with E-state index in [1.165, 1.54) is 11.6 Å². The van der Waals surface area contributed by atoms with Crippen molar-refractivity contribution in [3.63, 3.8) is 0 Å². The van der Waals surface area contributed by atoms with Gasteiger partial charge in [0.25, 0.3) is 5.56 Å². The van der Waals surface area contributed by atoms with Crippen LogP contribution in [0, 0.1) is 0 Å². The molecule has 0 N–H and O–H groups in total. The quantitative estimate of drug-likeness (QED) is 0.724. The minimum absolute atomic E-state index is 0.325. The van der Waals surface area contributed by atoms with Gasteiger partial charge in [-0.25, -0.2) is 4.79 Å². The van der Waals surface area contributed by atoms with Crippen LogP contribution < -0.4 is 20.7 Å². The number of hydrogen-bond donors (Lipinski definition) is 0. The monoisotopic (exact) mass is 315 g/mol. The molecule has 0 bridgehead atoms. The van der Waals surface area contributed by atoms with Crippen LogP contribution >= 0.6 is 0 Å². The van der Waals surface area contributed by atoms with Gasteiger partial charge in [0, 0.05) is 32.6 Å². The van der Waals surface area contributed by atoms with Crippen LogP contribution in [-0.2, 0) is 14.1 Å². The molecule has 3 rings (SSSR count). The fourth-order valence-electron chi connectivity index (χ4n) is 2.61. The normalized spacial score (nSPS) is 11.0. The van der Waals surface area contributed by atoms with Crippen LogP contribution in [0.4, 0.5) is 0 Å². The second kappa shape index (κ2) is 5.35. The molecule has 0 aliphatic heterocycles. The Morgan fingerprint density at radius 2 is 1.70 bits per heavy atom. The molecule has 2 aromatic heterocycles. The molecule has 0 saturated carbocycles. The minimum Gasteiger partial charge on any atom is -0.497 e. The summed E-state index contributed by atoms with van der Waals surface area (Å²) in [5.74, 6) is 1.28. The highest BCUT2D eigenvalue weighted by atomic mass is 16.5. The second-order valence-electron chi connectivity index (χ2n) is 5.21. The maximum Gasteiger partial charge on any atom is 0.330 e. The van der Waals surface area contributed by atoms with Crippen LogP contribution in [0.3, 0.4) is 0 Å². The Morgan fingerprint density at radius 3 is 2.35 bits per heavy atom. The van der Waals surface area contributed by atoms with E-state index in [1.807, 2.05) is 6.07 Å². The standard InChI is InChI=1S/C16H17N3O4/c1-17-13-9-19(8-11(13)15(20)18(2)16(17)21)12-6-5-10(22-3)7-14(12)23-4/h5-9H,1-4H3. The summed E-state index contributed by atoms with van der Waals surface area (Å²) in [5.41, 5.74) is 0.631. The van der Waals surface area contributed by atoms with Gasteiger partial charge in [-0.2, -0.15) is 0 Å². The lowest BCUT2D eigenvalue weighted by molar-refractivity contribution is 0.393. The molecule has 3 aromatic rings. The molecule has 7 heteroatoms. The molecular formula is C16H17N3O4. The molecule has 0 saturated heterocycles. The fourth-order valence-corrected chi connectivity index (χ4v) is 2.61. The summed E-state index contributed by atoms with van der Waals surface area (Å²) in [6, 6.07) is 5.40. The average Bonchev–Trinajstić information content (AvgIpc) is 3.02. The van der Waals surface area contributed by atoms with E-state index < -0.39 is 0 Å². The molecule has 0 atom stereocenters. The molecule has 0 fully saturated rings. The number of ether oxygens (including phenoxy) is 2. The summed E-state index contributed by atoms with van der Waals surface area (Å²) < 4.78 is 14.9. The largest absolute Gasteiger partial charge is 0.497 e. The van der Waals surface area contributed by atoms with E-state index >= 15 is 0 Å². The lowest BCUT2D eigenvalue weighted by atomic mass is 10.2. The van der Waals surface area contributed by atoms with Crippen molar-refractivity contribution in [3.05, 3.63) is 51.4 Å². The number of fused-ring (bicyclic) bond motifs is 1. The van der Waals surface area contributed by atoms with Gasteiger partial charge in [0.15, 0.2) is 0 Å². The molecule has 0 radical (unpaired) electrons. The van der Waals surface area contributed by atoms with Crippen LogP contribution in [-0.4, -0.2) is 27.9 Å². The Hall–Kier alpha value is -2.96. The molecule has 0 amide bonds. The van der Waals surface area contributed by atoms with Gasteiger partial charge < -0.3 is 14.0 Å². The first-order chi connectivity index (χ1) is 11.0. The van der Waals surface area contributed by atoms with E-state index in [-0.39, 0.29) is 11.2 Å². The van der Waals surface area contributed by atoms with E-state index in [9.17, 15) is 9.59 Å². The zero-order valence-corrected chi connectivity index (χ0v) is 13.4. The maximum atomic E-state index is 12.3. The highest BCUT2D eigenvalue weighted by Crippen LogP contribution is 2.29. The number of benzene rings is 1. The molecule has 7 nitrogen and oxygen atoms in total. The highest BCUT2D eigenvalue weighted by molar-refractivity contribution is 5.79. The summed E-state index contributed by atoms with van der Waals surface area (Å²) in [4.78, 5) is 24.3. The summed E-state index contributed by atoms with van der Waals surface area (Å²) in [6.45, 7) is 0. The van der Waals surface area contributed by atoms with Crippen LogP contribution in [0.1, 0.15) is 0 Å². The van der Waals surface area contributed by atoms with Crippen molar-refractivity contribution in [2.45, 2.75) is 0 Å². The van der Waals surface area contributed by atoms with Crippen LogP contribution in [0.25, 0.3) is 16.6 Å². The summed E-state index contributed by atoms with van der Waals surface area (Å²) in [5, 5.41) is 0.465. The van der Waals surface area contributed by atoms with Gasteiger partial charge in [0.2, 0.25) is 0 Å². The van der Waals surface area contributed by atoms with E-state index in [1.54, 1.807) is 50.4 Å². The van der Waals surface area contributed by atoms with Crippen molar-refractivity contribution in [2.75, 3.05) is 14.2 Å². The topological polar surface area (TPSA) is 67.4 Å². The second-order valence-corrected chi connectivity index (χ2v) is 5.21. The average molecular weight is 315 g/mol. The van der Waals surface area contributed by atoms with Crippen molar-refractivity contribution in [3.8, 4) is 17.2 Å². The van der Waals surface area contributed by atoms with E-state index in [0.29, 0.717) is 22.4 Å². The predicted molar refractivity (Wildman–Crippen MR) is 86.9 cm³/mol. The lowest BCUT2D eigenvalue weighted by Gasteiger charge is -2.10. The molecule has 0 aliphatic rings. The number of rotatable bonds is 3. The molecule has 0 unspecified atom stereocenters. The fraction of sp³-hybridized carbons (Fsp3) is 0.250. The Balaban J connectivity index is 2.31. The number of hydrogen-bond acceptors (Lipinski definition) is 4. The van der Waals surface area contributed by atoms with E-state index in [4.69, 9.17) is 9.47 Å². The molecule has 120 valence electrons. The van der Waals surface area contributed by atoms with Crippen molar-refractivity contribution in [1.29, 1.82) is 0 Å². The molecule has 0 aliphatic carbocycles. The Labute approximate surface area is 131 Å². The molecule has 1 aromatic carbocycles. The van der Waals surface area contributed by atoms with Gasteiger partial charge in [0.1, 0.15) is 11.5 Å². The number of aryl methyl sites for hydroxylation is 1. The predicted octanol–water partition coefficient (Wildman–Crippen LogP) is 1.05. The first-order valence-electron chi connectivity index (χ1n) is 6.98. The van der Waals surface area contributed by atoms with Crippen molar-refractivity contribution in [1.82, 2.24) is 13.7 Å². The van der Waals surface area contributed by atoms with Gasteiger partial charge in [-0.15, -0.1) is 0 Å². The first kappa shape index (κ1) is 15.0. The third-order valence-electron chi connectivity index (χ3n) is 3.94. The van der Waals surface area contributed by atoms with Crippen molar-refractivity contribution >= 4 is 10.9 Å². The SMILES string of the molecule is COc1ccc(-n2cc3c(=O)n(C)c(=O)n(C)c3c2)c(OC)c1. The molecule has 0 spiro atoms. The summed E-state index contributed by atoms with van der Waals surface area (Å²) in [6.07, 6.45) is 3.43. The number of nitrogens with zero attached hydrogens (tertiary/aromatic N) is 3. The van der Waals surface area contributed by atoms with Gasteiger partial charge >= 0.3 is 5.69 Å². The van der Waals surface area contributed by atoms with E-state index in [0.717, 1.165) is 10.3 Å². The van der Waals surface area contributed by atoms with Gasteiger partial charge in [-0.05, 0) is 12.1 Å². The Morgan fingerprint density at radius 1 is 0.957 bits per heavy atom. The van der Waals surface area contributed by atoms with Crippen LogP contribution in [0.2, 0.25) is 0 Å². The van der Waals surface area contributed by atoms with Gasteiger partial charge in [-0.3, -0.25) is 13.9 Å².